The Labute approximate surface area is 86.6 Å². The number of hydrogen-bond acceptors (Lipinski definition) is 6. The lowest BCUT2D eigenvalue weighted by Gasteiger charge is -2.03. The molecule has 8 heteroatoms. The predicted octanol–water partition coefficient (Wildman–Crippen LogP) is 0.788. The van der Waals surface area contributed by atoms with Crippen LogP contribution in [0.25, 0.3) is 0 Å². The summed E-state index contributed by atoms with van der Waals surface area (Å²) >= 11 is 2.93. The van der Waals surface area contributed by atoms with E-state index >= 15 is 0 Å². The van der Waals surface area contributed by atoms with Gasteiger partial charge in [0.2, 0.25) is 5.82 Å². The van der Waals surface area contributed by atoms with Crippen molar-refractivity contribution in [2.24, 2.45) is 0 Å². The first kappa shape index (κ1) is 10.2. The molecule has 0 unspecified atom stereocenters. The fourth-order valence-corrected chi connectivity index (χ4v) is 1.37. The number of nitrogens with zero attached hydrogens (tertiary/aromatic N) is 3. The molecular weight excluding hydrogens is 254 g/mol. The van der Waals surface area contributed by atoms with Gasteiger partial charge in [-0.25, -0.2) is 4.98 Å². The maximum atomic E-state index is 10.5. The third-order valence-corrected chi connectivity index (χ3v) is 2.06. The van der Waals surface area contributed by atoms with Gasteiger partial charge < -0.3 is 11.5 Å². The largest absolute Gasteiger partial charge is 0.392 e. The number of hydrogen-bond donors (Lipinski definition) is 2. The minimum absolute atomic E-state index is 0.0918. The highest BCUT2D eigenvalue weighted by Gasteiger charge is 2.23. The van der Waals surface area contributed by atoms with Crippen molar-refractivity contribution < 1.29 is 4.92 Å². The molecule has 0 saturated heterocycles. The predicted molar refractivity (Wildman–Crippen MR) is 52.1 cm³/mol. The molecule has 4 N–H and O–H groups in total. The highest BCUT2D eigenvalue weighted by atomic mass is 79.9. The van der Waals surface area contributed by atoms with Gasteiger partial charge in [-0.3, -0.25) is 10.1 Å². The van der Waals surface area contributed by atoms with E-state index in [4.69, 9.17) is 16.7 Å². The van der Waals surface area contributed by atoms with Crippen LogP contribution in [-0.4, -0.2) is 9.91 Å². The lowest BCUT2D eigenvalue weighted by atomic mass is 10.2. The van der Waals surface area contributed by atoms with Crippen molar-refractivity contribution in [2.45, 2.75) is 0 Å². The van der Waals surface area contributed by atoms with E-state index < -0.39 is 10.6 Å². The number of nitriles is 1. The van der Waals surface area contributed by atoms with Crippen LogP contribution in [0.1, 0.15) is 5.56 Å². The van der Waals surface area contributed by atoms with Crippen LogP contribution in [0.15, 0.2) is 4.60 Å². The Morgan fingerprint density at radius 2 is 2.14 bits per heavy atom. The Bertz CT molecular complexity index is 453. The summed E-state index contributed by atoms with van der Waals surface area (Å²) in [5, 5.41) is 19.1. The fourth-order valence-electron chi connectivity index (χ4n) is 0.880. The number of rotatable bonds is 1. The van der Waals surface area contributed by atoms with Crippen molar-refractivity contribution in [3.05, 3.63) is 20.3 Å². The van der Waals surface area contributed by atoms with Gasteiger partial charge in [0.15, 0.2) is 0 Å². The summed E-state index contributed by atoms with van der Waals surface area (Å²) in [6, 6.07) is 1.69. The van der Waals surface area contributed by atoms with Crippen molar-refractivity contribution in [1.29, 1.82) is 5.26 Å². The summed E-state index contributed by atoms with van der Waals surface area (Å²) in [6.07, 6.45) is 0. The van der Waals surface area contributed by atoms with Crippen molar-refractivity contribution in [1.82, 2.24) is 4.98 Å². The van der Waals surface area contributed by atoms with E-state index in [2.05, 4.69) is 20.9 Å². The number of nitrogen functional groups attached to an aromatic ring is 2. The molecule has 0 amide bonds. The van der Waals surface area contributed by atoms with Gasteiger partial charge in [-0.15, -0.1) is 0 Å². The molecule has 1 heterocycles. The second-order valence-corrected chi connectivity index (χ2v) is 3.05. The monoisotopic (exact) mass is 257 g/mol. The molecule has 1 rings (SSSR count). The Hall–Kier alpha value is -1.88. The number of halogens is 1. The van der Waals surface area contributed by atoms with Crippen molar-refractivity contribution >= 4 is 33.1 Å². The highest BCUT2D eigenvalue weighted by Crippen LogP contribution is 2.33. The molecule has 0 spiro atoms. The number of pyridine rings is 1. The molecule has 7 nitrogen and oxygen atoms in total. The van der Waals surface area contributed by atoms with Gasteiger partial charge >= 0.3 is 5.69 Å². The van der Waals surface area contributed by atoms with Crippen LogP contribution in [0.5, 0.6) is 0 Å². The quantitative estimate of drug-likeness (QED) is 0.434. The van der Waals surface area contributed by atoms with E-state index in [9.17, 15) is 10.1 Å². The molecule has 0 aliphatic carbocycles. The zero-order valence-electron chi connectivity index (χ0n) is 6.69. The fraction of sp³-hybridized carbons (Fsp3) is 0. The average molecular weight is 258 g/mol. The molecule has 1 aromatic heterocycles. The summed E-state index contributed by atoms with van der Waals surface area (Å²) < 4.78 is 0.0978. The molecule has 1 aromatic rings. The zero-order chi connectivity index (χ0) is 10.9. The van der Waals surface area contributed by atoms with E-state index in [1.165, 1.54) is 0 Å². The van der Waals surface area contributed by atoms with E-state index in [1.54, 1.807) is 6.07 Å². The summed E-state index contributed by atoms with van der Waals surface area (Å²) in [5.41, 5.74) is 9.75. The molecule has 0 aliphatic rings. The zero-order valence-corrected chi connectivity index (χ0v) is 8.28. The first-order chi connectivity index (χ1) is 6.49. The molecule has 0 bridgehead atoms. The van der Waals surface area contributed by atoms with Gasteiger partial charge in [-0.2, -0.15) is 5.26 Å². The summed E-state index contributed by atoms with van der Waals surface area (Å²) in [6.45, 7) is 0. The average Bonchev–Trinajstić information content (AvgIpc) is 2.02. The standard InChI is InChI=1S/C6H4BrN5O2/c7-5-2(1-8)3(9)4(12(13)14)6(10)11-5/h(H4,9,10,11). The first-order valence-electron chi connectivity index (χ1n) is 3.28. The third-order valence-electron chi connectivity index (χ3n) is 1.49. The first-order valence-corrected chi connectivity index (χ1v) is 4.07. The number of aromatic nitrogens is 1. The lowest BCUT2D eigenvalue weighted by Crippen LogP contribution is -2.05. The van der Waals surface area contributed by atoms with Crippen LogP contribution in [-0.2, 0) is 0 Å². The van der Waals surface area contributed by atoms with Gasteiger partial charge in [0.1, 0.15) is 21.9 Å². The van der Waals surface area contributed by atoms with Gasteiger partial charge in [0.25, 0.3) is 0 Å². The molecule has 0 aliphatic heterocycles. The molecule has 0 aromatic carbocycles. The number of anilines is 2. The SMILES string of the molecule is N#Cc1c(Br)nc(N)c([N+](=O)[O-])c1N. The molecule has 0 saturated carbocycles. The minimum atomic E-state index is -0.773. The van der Waals surface area contributed by atoms with Crippen LogP contribution in [0, 0.1) is 21.4 Å². The second-order valence-electron chi connectivity index (χ2n) is 2.29. The Morgan fingerprint density at radius 1 is 1.57 bits per heavy atom. The Balaban J connectivity index is 3.62. The number of nitro groups is 1. The van der Waals surface area contributed by atoms with Crippen LogP contribution in [0.2, 0.25) is 0 Å². The van der Waals surface area contributed by atoms with Crippen LogP contribution < -0.4 is 11.5 Å². The van der Waals surface area contributed by atoms with E-state index in [0.29, 0.717) is 0 Å². The minimum Gasteiger partial charge on any atom is -0.392 e. The van der Waals surface area contributed by atoms with Gasteiger partial charge in [0, 0.05) is 0 Å². The van der Waals surface area contributed by atoms with Gasteiger partial charge in [0.05, 0.1) is 4.92 Å². The topological polar surface area (TPSA) is 132 Å². The highest BCUT2D eigenvalue weighted by molar-refractivity contribution is 9.10. The van der Waals surface area contributed by atoms with Gasteiger partial charge in [-0.05, 0) is 15.9 Å². The van der Waals surface area contributed by atoms with Crippen LogP contribution in [0.3, 0.4) is 0 Å². The van der Waals surface area contributed by atoms with E-state index in [1.807, 2.05) is 0 Å². The maximum Gasteiger partial charge on any atom is 0.335 e. The smallest absolute Gasteiger partial charge is 0.335 e. The van der Waals surface area contributed by atoms with E-state index in [0.717, 1.165) is 0 Å². The third kappa shape index (κ3) is 1.45. The number of nitrogens with two attached hydrogens (primary N) is 2. The van der Waals surface area contributed by atoms with Gasteiger partial charge in [-0.1, -0.05) is 0 Å². The molecule has 72 valence electrons. The van der Waals surface area contributed by atoms with Crippen molar-refractivity contribution in [2.75, 3.05) is 11.5 Å². The Morgan fingerprint density at radius 3 is 2.57 bits per heavy atom. The summed E-state index contributed by atoms with van der Waals surface area (Å²) in [7, 11) is 0. The van der Waals surface area contributed by atoms with E-state index in [-0.39, 0.29) is 21.7 Å². The molecule has 0 radical (unpaired) electrons. The Kier molecular flexibility index (Phi) is 2.53. The normalized spacial score (nSPS) is 9.43. The summed E-state index contributed by atoms with van der Waals surface area (Å²) in [5.74, 6) is -0.321. The lowest BCUT2D eigenvalue weighted by molar-refractivity contribution is -0.383. The van der Waals surface area contributed by atoms with Crippen molar-refractivity contribution in [3.8, 4) is 6.07 Å². The summed E-state index contributed by atoms with van der Waals surface area (Å²) in [4.78, 5) is 13.3. The molecule has 14 heavy (non-hydrogen) atoms. The van der Waals surface area contributed by atoms with Crippen LogP contribution >= 0.6 is 15.9 Å². The maximum absolute atomic E-state index is 10.5. The molecule has 0 atom stereocenters. The molecule has 0 fully saturated rings. The molecular formula is C6H4BrN5O2. The van der Waals surface area contributed by atoms with Crippen molar-refractivity contribution in [3.63, 3.8) is 0 Å². The van der Waals surface area contributed by atoms with Crippen LogP contribution in [0.4, 0.5) is 17.2 Å². The second kappa shape index (κ2) is 3.47.